The first kappa shape index (κ1) is 21.7. The highest BCUT2D eigenvalue weighted by Gasteiger charge is 2.10. The van der Waals surface area contributed by atoms with Crippen molar-refractivity contribution in [1.29, 1.82) is 0 Å². The summed E-state index contributed by atoms with van der Waals surface area (Å²) in [4.78, 5) is 12.2. The second kappa shape index (κ2) is 14.8. The van der Waals surface area contributed by atoms with Gasteiger partial charge in [-0.05, 0) is 25.8 Å². The molecule has 0 aromatic heterocycles. The Balaban J connectivity index is 0. The van der Waals surface area contributed by atoms with Crippen molar-refractivity contribution < 1.29 is 4.79 Å². The third-order valence-electron chi connectivity index (χ3n) is 2.50. The van der Waals surface area contributed by atoms with Crippen molar-refractivity contribution >= 4 is 5.78 Å². The normalized spacial score (nSPS) is 10.3. The maximum absolute atomic E-state index is 12.2. The summed E-state index contributed by atoms with van der Waals surface area (Å²) in [5, 5.41) is 0. The van der Waals surface area contributed by atoms with Gasteiger partial charge in [-0.1, -0.05) is 83.5 Å². The van der Waals surface area contributed by atoms with E-state index in [4.69, 9.17) is 0 Å². The Kier molecular flexibility index (Phi) is 15.2. The quantitative estimate of drug-likeness (QED) is 0.349. The molecule has 0 amide bonds. The highest BCUT2D eigenvalue weighted by atomic mass is 16.1. The summed E-state index contributed by atoms with van der Waals surface area (Å²) in [6.45, 7) is 14.2. The number of benzene rings is 1. The minimum atomic E-state index is 0.102. The van der Waals surface area contributed by atoms with Crippen LogP contribution in [-0.2, 0) is 0 Å². The van der Waals surface area contributed by atoms with Gasteiger partial charge in [-0.2, -0.15) is 0 Å². The first-order valence-corrected chi connectivity index (χ1v) is 8.05. The van der Waals surface area contributed by atoms with E-state index in [0.29, 0.717) is 0 Å². The Bertz CT molecular complexity index is 439. The zero-order valence-corrected chi connectivity index (χ0v) is 14.9. The molecule has 0 aliphatic heterocycles. The van der Waals surface area contributed by atoms with Crippen LogP contribution in [-0.4, -0.2) is 5.78 Å². The molecule has 0 atom stereocenters. The molecule has 0 fully saturated rings. The molecule has 0 spiro atoms. The third kappa shape index (κ3) is 9.01. The summed E-state index contributed by atoms with van der Waals surface area (Å²) in [5.74, 6) is 0.102. The van der Waals surface area contributed by atoms with E-state index in [0.717, 1.165) is 23.1 Å². The minimum Gasteiger partial charge on any atom is -0.289 e. The number of allylic oxidation sites excluding steroid dienone is 4. The maximum atomic E-state index is 12.2. The Morgan fingerprint density at radius 1 is 1.10 bits per heavy atom. The lowest BCUT2D eigenvalue weighted by Crippen LogP contribution is -2.03. The van der Waals surface area contributed by atoms with Crippen molar-refractivity contribution in [3.8, 4) is 0 Å². The van der Waals surface area contributed by atoms with Gasteiger partial charge in [0.2, 0.25) is 0 Å². The molecule has 1 nitrogen and oxygen atoms in total. The largest absolute Gasteiger partial charge is 0.289 e. The number of rotatable bonds is 4. The summed E-state index contributed by atoms with van der Waals surface area (Å²) in [5.41, 5.74) is 2.57. The van der Waals surface area contributed by atoms with Gasteiger partial charge in [-0.3, -0.25) is 4.79 Å². The molecule has 0 bridgehead atoms. The number of carbonyl (C=O) groups is 1. The molecule has 118 valence electrons. The van der Waals surface area contributed by atoms with Crippen LogP contribution >= 0.6 is 0 Å². The monoisotopic (exact) mass is 288 g/mol. The number of carbonyl (C=O) groups excluding carboxylic acids is 1. The van der Waals surface area contributed by atoms with E-state index >= 15 is 0 Å². The zero-order valence-electron chi connectivity index (χ0n) is 14.9. The van der Waals surface area contributed by atoms with Gasteiger partial charge in [0.1, 0.15) is 0 Å². The van der Waals surface area contributed by atoms with Crippen LogP contribution < -0.4 is 0 Å². The Morgan fingerprint density at radius 2 is 1.62 bits per heavy atom. The molecule has 1 rings (SSSR count). The summed E-state index contributed by atoms with van der Waals surface area (Å²) < 4.78 is 0. The van der Waals surface area contributed by atoms with Crippen molar-refractivity contribution in [2.45, 2.75) is 61.3 Å². The van der Waals surface area contributed by atoms with Crippen LogP contribution in [0.2, 0.25) is 0 Å². The van der Waals surface area contributed by atoms with Crippen LogP contribution in [0.5, 0.6) is 0 Å². The van der Waals surface area contributed by atoms with E-state index in [9.17, 15) is 4.79 Å². The molecule has 21 heavy (non-hydrogen) atoms. The lowest BCUT2D eigenvalue weighted by Gasteiger charge is -2.04. The number of ketones is 1. The van der Waals surface area contributed by atoms with Crippen LogP contribution in [0.25, 0.3) is 0 Å². The molecule has 1 heteroatoms. The standard InChI is InChI=1S/C15H18O.C3H8.C2H6/c1-4-6-10-13(5-2)15(16)14-11-8-7-9-12(14)3;1-3-2;1-2/h5-11H,4H2,1-3H3;3H2,1-2H3;1-2H3/b10-6-,13-5+;;. The van der Waals surface area contributed by atoms with Gasteiger partial charge in [-0.25, -0.2) is 0 Å². The van der Waals surface area contributed by atoms with Gasteiger partial charge in [0.05, 0.1) is 0 Å². The Morgan fingerprint density at radius 3 is 2.05 bits per heavy atom. The second-order valence-electron chi connectivity index (χ2n) is 4.41. The zero-order chi connectivity index (χ0) is 16.7. The third-order valence-corrected chi connectivity index (χ3v) is 2.50. The van der Waals surface area contributed by atoms with Gasteiger partial charge in [0.15, 0.2) is 5.78 Å². The molecule has 0 aliphatic carbocycles. The second-order valence-corrected chi connectivity index (χ2v) is 4.41. The van der Waals surface area contributed by atoms with Crippen molar-refractivity contribution in [3.05, 3.63) is 59.2 Å². The lowest BCUT2D eigenvalue weighted by molar-refractivity contribution is 0.103. The fourth-order valence-electron chi connectivity index (χ4n) is 1.53. The predicted octanol–water partition coefficient (Wildman–Crippen LogP) is 6.53. The molecule has 0 saturated carbocycles. The van der Waals surface area contributed by atoms with Gasteiger partial charge in [0, 0.05) is 11.1 Å². The van der Waals surface area contributed by atoms with Gasteiger partial charge in [-0.15, -0.1) is 0 Å². The van der Waals surface area contributed by atoms with E-state index in [1.54, 1.807) is 0 Å². The van der Waals surface area contributed by atoms with E-state index < -0.39 is 0 Å². The predicted molar refractivity (Wildman–Crippen MR) is 96.0 cm³/mol. The number of hydrogen-bond acceptors (Lipinski definition) is 1. The number of aryl methyl sites for hydroxylation is 1. The van der Waals surface area contributed by atoms with E-state index in [-0.39, 0.29) is 5.78 Å². The van der Waals surface area contributed by atoms with Crippen molar-refractivity contribution in [3.63, 3.8) is 0 Å². The van der Waals surface area contributed by atoms with Crippen LogP contribution in [0, 0.1) is 6.92 Å². The van der Waals surface area contributed by atoms with Crippen molar-refractivity contribution in [2.24, 2.45) is 0 Å². The van der Waals surface area contributed by atoms with Gasteiger partial charge >= 0.3 is 0 Å². The number of Topliss-reactive ketones (excluding diaryl/α,β-unsaturated/α-hetero) is 1. The average molecular weight is 288 g/mol. The van der Waals surface area contributed by atoms with E-state index in [1.165, 1.54) is 6.42 Å². The number of hydrogen-bond donors (Lipinski definition) is 0. The molecule has 0 heterocycles. The minimum absolute atomic E-state index is 0.102. The summed E-state index contributed by atoms with van der Waals surface area (Å²) in [7, 11) is 0. The molecule has 1 aromatic rings. The first-order valence-electron chi connectivity index (χ1n) is 8.05. The molecule has 0 unspecified atom stereocenters. The molecular formula is C20H32O. The highest BCUT2D eigenvalue weighted by molar-refractivity contribution is 6.11. The average Bonchev–Trinajstić information content (AvgIpc) is 2.51. The molecule has 0 saturated heterocycles. The van der Waals surface area contributed by atoms with Crippen LogP contribution in [0.4, 0.5) is 0 Å². The van der Waals surface area contributed by atoms with Gasteiger partial charge in [0.25, 0.3) is 0 Å². The SMILES string of the molecule is C/C=C(\C=C/CC)C(=O)c1ccccc1C.CC.CCC. The first-order chi connectivity index (χ1) is 10.1. The molecule has 0 radical (unpaired) electrons. The Labute approximate surface area is 131 Å². The fourth-order valence-corrected chi connectivity index (χ4v) is 1.53. The highest BCUT2D eigenvalue weighted by Crippen LogP contribution is 2.14. The molecule has 0 aliphatic rings. The van der Waals surface area contributed by atoms with E-state index in [2.05, 4.69) is 20.8 Å². The topological polar surface area (TPSA) is 17.1 Å². The Hall–Kier alpha value is -1.63. The molecule has 0 N–H and O–H groups in total. The summed E-state index contributed by atoms with van der Waals surface area (Å²) in [6, 6.07) is 7.69. The lowest BCUT2D eigenvalue weighted by atomic mass is 9.98. The van der Waals surface area contributed by atoms with Crippen LogP contribution in [0.1, 0.15) is 70.3 Å². The van der Waals surface area contributed by atoms with Crippen LogP contribution in [0.15, 0.2) is 48.1 Å². The van der Waals surface area contributed by atoms with Gasteiger partial charge < -0.3 is 0 Å². The molecule has 1 aromatic carbocycles. The van der Waals surface area contributed by atoms with Crippen LogP contribution in [0.3, 0.4) is 0 Å². The van der Waals surface area contributed by atoms with E-state index in [1.807, 2.05) is 70.2 Å². The summed E-state index contributed by atoms with van der Waals surface area (Å²) in [6.07, 6.45) is 7.96. The van der Waals surface area contributed by atoms with Crippen molar-refractivity contribution in [1.82, 2.24) is 0 Å². The smallest absolute Gasteiger partial charge is 0.192 e. The summed E-state index contributed by atoms with van der Waals surface area (Å²) >= 11 is 0. The molecular weight excluding hydrogens is 256 g/mol. The maximum Gasteiger partial charge on any atom is 0.192 e. The fraction of sp³-hybridized carbons (Fsp3) is 0.450. The van der Waals surface area contributed by atoms with Crippen molar-refractivity contribution in [2.75, 3.05) is 0 Å².